The van der Waals surface area contributed by atoms with Crippen molar-refractivity contribution in [1.29, 1.82) is 0 Å². The van der Waals surface area contributed by atoms with Gasteiger partial charge in [-0.2, -0.15) is 0 Å². The molecule has 0 radical (unpaired) electrons. The van der Waals surface area contributed by atoms with E-state index in [1.54, 1.807) is 0 Å². The molecule has 0 spiro atoms. The Labute approximate surface area is 67.5 Å². The van der Waals surface area contributed by atoms with Crippen molar-refractivity contribution in [2.24, 2.45) is 0 Å². The van der Waals surface area contributed by atoms with E-state index in [4.69, 9.17) is 0 Å². The van der Waals surface area contributed by atoms with Gasteiger partial charge in [-0.15, -0.1) is 0 Å². The van der Waals surface area contributed by atoms with Crippen molar-refractivity contribution in [3.63, 3.8) is 0 Å². The Bertz CT molecular complexity index is 292. The molecule has 0 saturated heterocycles. The number of allylic oxidation sites excluding steroid dienone is 1. The van der Waals surface area contributed by atoms with Crippen molar-refractivity contribution < 1.29 is 0 Å². The molecule has 1 rings (SSSR count). The number of H-pyrrole nitrogens is 1. The fourth-order valence-corrected chi connectivity index (χ4v) is 1.12. The first-order chi connectivity index (χ1) is 5.15. The summed E-state index contributed by atoms with van der Waals surface area (Å²) in [7, 11) is 0. The second-order valence-corrected chi connectivity index (χ2v) is 2.77. The van der Waals surface area contributed by atoms with E-state index in [-0.39, 0.29) is 0 Å². The average molecular weight is 147 g/mol. The van der Waals surface area contributed by atoms with Crippen LogP contribution < -0.4 is 0 Å². The van der Waals surface area contributed by atoms with Gasteiger partial charge in [-0.1, -0.05) is 19.2 Å². The highest BCUT2D eigenvalue weighted by Gasteiger charge is 2.01. The maximum Gasteiger partial charge on any atom is 0.0479 e. The first-order valence-corrected chi connectivity index (χ1v) is 3.63. The Morgan fingerprint density at radius 2 is 2.27 bits per heavy atom. The van der Waals surface area contributed by atoms with E-state index in [1.807, 2.05) is 19.9 Å². The molecule has 0 aliphatic carbocycles. The quantitative estimate of drug-likeness (QED) is 0.661. The zero-order valence-electron chi connectivity index (χ0n) is 7.07. The smallest absolute Gasteiger partial charge is 0.0479 e. The highest BCUT2D eigenvalue weighted by Crippen LogP contribution is 2.18. The molecule has 1 heteroatoms. The third kappa shape index (κ3) is 1.43. The van der Waals surface area contributed by atoms with Crippen LogP contribution in [-0.2, 0) is 0 Å². The summed E-state index contributed by atoms with van der Waals surface area (Å²) >= 11 is 0. The largest absolute Gasteiger partial charge is 0.358 e. The molecule has 11 heavy (non-hydrogen) atoms. The minimum atomic E-state index is 1.05. The van der Waals surface area contributed by atoms with Gasteiger partial charge in [0, 0.05) is 11.4 Å². The van der Waals surface area contributed by atoms with E-state index in [0.717, 1.165) is 22.5 Å². The van der Waals surface area contributed by atoms with Crippen molar-refractivity contribution in [3.8, 4) is 0 Å². The highest BCUT2D eigenvalue weighted by molar-refractivity contribution is 5.69. The Morgan fingerprint density at radius 1 is 1.64 bits per heavy atom. The third-order valence-corrected chi connectivity index (χ3v) is 1.63. The maximum absolute atomic E-state index is 3.87. The van der Waals surface area contributed by atoms with Crippen LogP contribution >= 0.6 is 0 Å². The standard InChI is InChI=1S/C10H13N/c1-5-9-6-8(4)11-10(9)7(2)3/h5-6,11H,1-2H2,3-4H3. The average Bonchev–Trinajstić information content (AvgIpc) is 2.30. The zero-order valence-corrected chi connectivity index (χ0v) is 7.07. The van der Waals surface area contributed by atoms with Crippen LogP contribution in [0.5, 0.6) is 0 Å². The Kier molecular flexibility index (Phi) is 1.99. The van der Waals surface area contributed by atoms with Crippen LogP contribution in [0.25, 0.3) is 11.6 Å². The molecule has 0 aliphatic rings. The Balaban J connectivity index is 3.22. The summed E-state index contributed by atoms with van der Waals surface area (Å²) < 4.78 is 0. The number of nitrogens with one attached hydrogen (secondary N) is 1. The fraction of sp³-hybridized carbons (Fsp3) is 0.200. The fourth-order valence-electron chi connectivity index (χ4n) is 1.12. The van der Waals surface area contributed by atoms with Gasteiger partial charge in [-0.05, 0) is 31.1 Å². The molecule has 0 bridgehead atoms. The van der Waals surface area contributed by atoms with E-state index < -0.39 is 0 Å². The molecule has 1 heterocycles. The summed E-state index contributed by atoms with van der Waals surface area (Å²) in [6, 6.07) is 2.07. The monoisotopic (exact) mass is 147 g/mol. The van der Waals surface area contributed by atoms with Gasteiger partial charge in [-0.3, -0.25) is 0 Å². The SMILES string of the molecule is C=Cc1cc(C)[nH]c1C(=C)C. The summed E-state index contributed by atoms with van der Waals surface area (Å²) in [6.07, 6.45) is 1.84. The van der Waals surface area contributed by atoms with Crippen LogP contribution in [-0.4, -0.2) is 4.98 Å². The molecule has 0 unspecified atom stereocenters. The summed E-state index contributed by atoms with van der Waals surface area (Å²) in [6.45, 7) is 11.6. The summed E-state index contributed by atoms with van der Waals surface area (Å²) in [5, 5.41) is 0. The molecule has 0 fully saturated rings. The van der Waals surface area contributed by atoms with Crippen LogP contribution in [0.2, 0.25) is 0 Å². The lowest BCUT2D eigenvalue weighted by molar-refractivity contribution is 1.23. The highest BCUT2D eigenvalue weighted by atomic mass is 14.7. The topological polar surface area (TPSA) is 15.8 Å². The number of aryl methyl sites for hydroxylation is 1. The van der Waals surface area contributed by atoms with Gasteiger partial charge >= 0.3 is 0 Å². The number of aromatic amines is 1. The molecular formula is C10H13N. The summed E-state index contributed by atoms with van der Waals surface area (Å²) in [5.74, 6) is 0. The molecule has 1 aromatic heterocycles. The lowest BCUT2D eigenvalue weighted by atomic mass is 10.1. The van der Waals surface area contributed by atoms with Gasteiger partial charge in [0.1, 0.15) is 0 Å². The second-order valence-electron chi connectivity index (χ2n) is 2.77. The number of hydrogen-bond donors (Lipinski definition) is 1. The Hall–Kier alpha value is -1.24. The zero-order chi connectivity index (χ0) is 8.43. The molecular weight excluding hydrogens is 134 g/mol. The van der Waals surface area contributed by atoms with Gasteiger partial charge in [0.15, 0.2) is 0 Å². The van der Waals surface area contributed by atoms with E-state index in [9.17, 15) is 0 Å². The van der Waals surface area contributed by atoms with Crippen molar-refractivity contribution in [3.05, 3.63) is 36.2 Å². The predicted octanol–water partition coefficient (Wildman–Crippen LogP) is 3.00. The van der Waals surface area contributed by atoms with Gasteiger partial charge in [0.25, 0.3) is 0 Å². The van der Waals surface area contributed by atoms with Crippen LogP contribution in [0.1, 0.15) is 23.9 Å². The van der Waals surface area contributed by atoms with E-state index in [2.05, 4.69) is 24.2 Å². The second kappa shape index (κ2) is 2.79. The van der Waals surface area contributed by atoms with Crippen molar-refractivity contribution in [2.45, 2.75) is 13.8 Å². The van der Waals surface area contributed by atoms with E-state index >= 15 is 0 Å². The predicted molar refractivity (Wildman–Crippen MR) is 50.3 cm³/mol. The normalized spacial score (nSPS) is 9.64. The van der Waals surface area contributed by atoms with E-state index in [1.165, 1.54) is 0 Å². The third-order valence-electron chi connectivity index (χ3n) is 1.63. The minimum absolute atomic E-state index is 1.05. The summed E-state index contributed by atoms with van der Waals surface area (Å²) in [4.78, 5) is 3.22. The lowest BCUT2D eigenvalue weighted by Crippen LogP contribution is -1.80. The first-order valence-electron chi connectivity index (χ1n) is 3.63. The molecule has 0 aromatic carbocycles. The first kappa shape index (κ1) is 7.86. The minimum Gasteiger partial charge on any atom is -0.358 e. The van der Waals surface area contributed by atoms with Gasteiger partial charge in [0.2, 0.25) is 0 Å². The van der Waals surface area contributed by atoms with Gasteiger partial charge in [-0.25, -0.2) is 0 Å². The molecule has 58 valence electrons. The van der Waals surface area contributed by atoms with Gasteiger partial charge < -0.3 is 4.98 Å². The maximum atomic E-state index is 3.87. The molecule has 0 aliphatic heterocycles. The van der Waals surface area contributed by atoms with Crippen LogP contribution in [0, 0.1) is 6.92 Å². The van der Waals surface area contributed by atoms with Crippen molar-refractivity contribution in [1.82, 2.24) is 4.98 Å². The molecule has 1 N–H and O–H groups in total. The van der Waals surface area contributed by atoms with Gasteiger partial charge in [0.05, 0.1) is 0 Å². The van der Waals surface area contributed by atoms with Crippen LogP contribution in [0.15, 0.2) is 19.2 Å². The van der Waals surface area contributed by atoms with Crippen molar-refractivity contribution in [2.75, 3.05) is 0 Å². The number of aromatic nitrogens is 1. The molecule has 1 aromatic rings. The van der Waals surface area contributed by atoms with Crippen LogP contribution in [0.4, 0.5) is 0 Å². The van der Waals surface area contributed by atoms with Crippen molar-refractivity contribution >= 4 is 11.6 Å². The number of rotatable bonds is 2. The lowest BCUT2D eigenvalue weighted by Gasteiger charge is -1.95. The summed E-state index contributed by atoms with van der Waals surface area (Å²) in [5.41, 5.74) is 4.43. The Morgan fingerprint density at radius 3 is 2.64 bits per heavy atom. The van der Waals surface area contributed by atoms with Crippen LogP contribution in [0.3, 0.4) is 0 Å². The van der Waals surface area contributed by atoms with E-state index in [0.29, 0.717) is 0 Å². The number of hydrogen-bond acceptors (Lipinski definition) is 0. The molecule has 1 nitrogen and oxygen atoms in total. The molecule has 0 atom stereocenters. The molecule has 0 saturated carbocycles. The molecule has 0 amide bonds.